The van der Waals surface area contributed by atoms with Gasteiger partial charge in [0.1, 0.15) is 5.75 Å². The average Bonchev–Trinajstić information content (AvgIpc) is 2.27. The molecule has 0 spiro atoms. The van der Waals surface area contributed by atoms with E-state index in [1.54, 1.807) is 0 Å². The molecule has 0 fully saturated rings. The number of ether oxygens (including phenoxy) is 1. The van der Waals surface area contributed by atoms with E-state index in [0.29, 0.717) is 5.75 Å². The molecule has 5 nitrogen and oxygen atoms in total. The summed E-state index contributed by atoms with van der Waals surface area (Å²) in [4.78, 5) is 10.3. The topological polar surface area (TPSA) is 83.5 Å². The van der Waals surface area contributed by atoms with Gasteiger partial charge in [0.2, 0.25) is 0 Å². The van der Waals surface area contributed by atoms with Crippen LogP contribution in [-0.4, -0.2) is 27.2 Å². The first-order chi connectivity index (χ1) is 7.45. The zero-order valence-corrected chi connectivity index (χ0v) is 9.49. The Balaban J connectivity index is 2.85. The first kappa shape index (κ1) is 12.5. The fourth-order valence-electron chi connectivity index (χ4n) is 1.12. The molecule has 0 aliphatic carbocycles. The molecular weight excluding hydrogens is 232 g/mol. The van der Waals surface area contributed by atoms with Crippen LogP contribution >= 0.6 is 0 Å². The van der Waals surface area contributed by atoms with Crippen molar-refractivity contribution >= 4 is 15.8 Å². The first-order valence-corrected chi connectivity index (χ1v) is 6.17. The van der Waals surface area contributed by atoms with Gasteiger partial charge in [-0.25, -0.2) is 8.42 Å². The minimum atomic E-state index is -3.56. The second-order valence-corrected chi connectivity index (χ2v) is 5.23. The third-order valence-electron chi connectivity index (χ3n) is 1.99. The lowest BCUT2D eigenvalue weighted by Gasteiger charge is -2.06. The van der Waals surface area contributed by atoms with Gasteiger partial charge in [-0.3, -0.25) is 0 Å². The number of rotatable bonds is 5. The highest BCUT2D eigenvalue weighted by Gasteiger charge is 2.13. The van der Waals surface area contributed by atoms with E-state index in [9.17, 15) is 18.3 Å². The summed E-state index contributed by atoms with van der Waals surface area (Å²) in [7, 11) is -2.08. The molecule has 1 aromatic rings. The van der Waals surface area contributed by atoms with E-state index in [0.717, 1.165) is 0 Å². The molecule has 1 aromatic carbocycles. The summed E-state index contributed by atoms with van der Waals surface area (Å²) < 4.78 is 28.1. The van der Waals surface area contributed by atoms with Gasteiger partial charge in [-0.2, -0.15) is 0 Å². The number of methoxy groups -OCH3 is 1. The Labute approximate surface area is 93.6 Å². The normalized spacial score (nSPS) is 11.1. The van der Waals surface area contributed by atoms with Crippen molar-refractivity contribution in [2.24, 2.45) is 0 Å². The van der Waals surface area contributed by atoms with Crippen LogP contribution in [0, 0.1) is 0 Å². The van der Waals surface area contributed by atoms with Gasteiger partial charge in [-0.15, -0.1) is 0 Å². The van der Waals surface area contributed by atoms with Crippen molar-refractivity contribution in [3.63, 3.8) is 0 Å². The van der Waals surface area contributed by atoms with E-state index in [-0.39, 0.29) is 4.90 Å². The third-order valence-corrected chi connectivity index (χ3v) is 3.73. The van der Waals surface area contributed by atoms with Crippen LogP contribution in [0.1, 0.15) is 6.42 Å². The fraction of sp³-hybridized carbons (Fsp3) is 0.300. The number of hydrogen-bond acceptors (Lipinski definition) is 5. The molecule has 16 heavy (non-hydrogen) atoms. The van der Waals surface area contributed by atoms with Gasteiger partial charge in [-0.05, 0) is 24.3 Å². The van der Waals surface area contributed by atoms with Crippen molar-refractivity contribution in [3.8, 4) is 5.75 Å². The SMILES string of the molecule is COc1ccc(S(=O)(=O)CCC(=O)[O-])cc1. The zero-order valence-electron chi connectivity index (χ0n) is 8.67. The van der Waals surface area contributed by atoms with Crippen LogP contribution < -0.4 is 9.84 Å². The maximum atomic E-state index is 11.6. The maximum Gasteiger partial charge on any atom is 0.178 e. The van der Waals surface area contributed by atoms with Gasteiger partial charge < -0.3 is 14.6 Å². The second kappa shape index (κ2) is 4.98. The lowest BCUT2D eigenvalue weighted by atomic mass is 10.3. The second-order valence-electron chi connectivity index (χ2n) is 3.12. The molecule has 88 valence electrons. The standard InChI is InChI=1S/C10H12O5S/c1-15-8-2-4-9(5-3-8)16(13,14)7-6-10(11)12/h2-5H,6-7H2,1H3,(H,11,12)/p-1. The number of carbonyl (C=O) groups excluding carboxylic acids is 1. The quantitative estimate of drug-likeness (QED) is 0.703. The first-order valence-electron chi connectivity index (χ1n) is 4.52. The lowest BCUT2D eigenvalue weighted by molar-refractivity contribution is -0.305. The highest BCUT2D eigenvalue weighted by atomic mass is 32.2. The summed E-state index contributed by atoms with van der Waals surface area (Å²) in [5.41, 5.74) is 0. The number of carbonyl (C=O) groups is 1. The Hall–Kier alpha value is -1.56. The van der Waals surface area contributed by atoms with Gasteiger partial charge in [0.15, 0.2) is 9.84 Å². The van der Waals surface area contributed by atoms with E-state index in [1.165, 1.54) is 31.4 Å². The molecule has 0 aliphatic rings. The Morgan fingerprint density at radius 1 is 1.31 bits per heavy atom. The van der Waals surface area contributed by atoms with E-state index in [2.05, 4.69) is 0 Å². The van der Waals surface area contributed by atoms with E-state index in [1.807, 2.05) is 0 Å². The lowest BCUT2D eigenvalue weighted by Crippen LogP contribution is -2.25. The van der Waals surface area contributed by atoms with Gasteiger partial charge in [-0.1, -0.05) is 0 Å². The molecule has 0 amide bonds. The Morgan fingerprint density at radius 3 is 2.31 bits per heavy atom. The Bertz CT molecular complexity index is 460. The summed E-state index contributed by atoms with van der Waals surface area (Å²) in [5, 5.41) is 10.2. The number of benzene rings is 1. The summed E-state index contributed by atoms with van der Waals surface area (Å²) in [6, 6.07) is 5.77. The van der Waals surface area contributed by atoms with Crippen molar-refractivity contribution < 1.29 is 23.1 Å². The fourth-order valence-corrected chi connectivity index (χ4v) is 2.34. The molecule has 0 bridgehead atoms. The zero-order chi connectivity index (χ0) is 12.2. The smallest absolute Gasteiger partial charge is 0.178 e. The van der Waals surface area contributed by atoms with Crippen molar-refractivity contribution in [2.75, 3.05) is 12.9 Å². The van der Waals surface area contributed by atoms with Gasteiger partial charge >= 0.3 is 0 Å². The van der Waals surface area contributed by atoms with Gasteiger partial charge in [0.25, 0.3) is 0 Å². The van der Waals surface area contributed by atoms with Gasteiger partial charge in [0.05, 0.1) is 17.8 Å². The van der Waals surface area contributed by atoms with Crippen molar-refractivity contribution in [3.05, 3.63) is 24.3 Å². The molecule has 0 radical (unpaired) electrons. The molecule has 0 unspecified atom stereocenters. The van der Waals surface area contributed by atoms with E-state index >= 15 is 0 Å². The maximum absolute atomic E-state index is 11.6. The molecule has 0 aliphatic heterocycles. The van der Waals surface area contributed by atoms with Crippen LogP contribution in [0.15, 0.2) is 29.2 Å². The van der Waals surface area contributed by atoms with E-state index < -0.39 is 28.0 Å². The summed E-state index contributed by atoms with van der Waals surface area (Å²) in [6.45, 7) is 0. The van der Waals surface area contributed by atoms with Crippen LogP contribution in [0.25, 0.3) is 0 Å². The Kier molecular flexibility index (Phi) is 3.89. The minimum Gasteiger partial charge on any atom is -0.550 e. The number of sulfone groups is 1. The molecule has 0 aromatic heterocycles. The minimum absolute atomic E-state index is 0.0783. The molecule has 6 heteroatoms. The van der Waals surface area contributed by atoms with Crippen LogP contribution in [0.3, 0.4) is 0 Å². The molecular formula is C10H11O5S-. The predicted molar refractivity (Wildman–Crippen MR) is 54.7 cm³/mol. The van der Waals surface area contributed by atoms with Crippen LogP contribution in [0.2, 0.25) is 0 Å². The van der Waals surface area contributed by atoms with E-state index in [4.69, 9.17) is 4.74 Å². The molecule has 0 saturated carbocycles. The van der Waals surface area contributed by atoms with Crippen LogP contribution in [0.4, 0.5) is 0 Å². The summed E-state index contributed by atoms with van der Waals surface area (Å²) in [5.74, 6) is -1.29. The number of aliphatic carboxylic acids is 1. The highest BCUT2D eigenvalue weighted by Crippen LogP contribution is 2.16. The predicted octanol–water partition coefficient (Wildman–Crippen LogP) is -0.391. The van der Waals surface area contributed by atoms with Gasteiger partial charge in [0, 0.05) is 12.4 Å². The highest BCUT2D eigenvalue weighted by molar-refractivity contribution is 7.91. The number of carboxylic acid groups (broad SMARTS) is 1. The van der Waals surface area contributed by atoms with Crippen LogP contribution in [-0.2, 0) is 14.6 Å². The monoisotopic (exact) mass is 243 g/mol. The largest absolute Gasteiger partial charge is 0.550 e. The molecule has 0 saturated heterocycles. The third kappa shape index (κ3) is 3.23. The molecule has 0 atom stereocenters. The number of carboxylic acids is 1. The molecule has 0 heterocycles. The summed E-state index contributed by atoms with van der Waals surface area (Å²) in [6.07, 6.45) is -0.506. The molecule has 0 N–H and O–H groups in total. The van der Waals surface area contributed by atoms with Crippen LogP contribution in [0.5, 0.6) is 5.75 Å². The van der Waals surface area contributed by atoms with Crippen molar-refractivity contribution in [1.29, 1.82) is 0 Å². The van der Waals surface area contributed by atoms with Crippen molar-refractivity contribution in [1.82, 2.24) is 0 Å². The number of hydrogen-bond donors (Lipinski definition) is 0. The van der Waals surface area contributed by atoms with Crippen molar-refractivity contribution in [2.45, 2.75) is 11.3 Å². The molecule has 1 rings (SSSR count). The Morgan fingerprint density at radius 2 is 1.88 bits per heavy atom. The average molecular weight is 243 g/mol. The summed E-state index contributed by atoms with van der Waals surface area (Å²) >= 11 is 0.